The van der Waals surface area contributed by atoms with Crippen molar-refractivity contribution in [2.45, 2.75) is 18.2 Å². The Hall–Kier alpha value is -0.500. The van der Waals surface area contributed by atoms with Crippen LogP contribution in [0.5, 0.6) is 0 Å². The van der Waals surface area contributed by atoms with E-state index in [0.29, 0.717) is 17.8 Å². The highest BCUT2D eigenvalue weighted by molar-refractivity contribution is 6.33. The number of hydrogen-bond acceptors (Lipinski definition) is 2. The highest BCUT2D eigenvalue weighted by Crippen LogP contribution is 2.56. The van der Waals surface area contributed by atoms with Gasteiger partial charge in [-0.2, -0.15) is 0 Å². The second-order valence-corrected chi connectivity index (χ2v) is 4.81. The van der Waals surface area contributed by atoms with Gasteiger partial charge in [-0.15, -0.1) is 11.6 Å². The number of fused-ring (bicyclic) bond motifs is 5. The third-order valence-corrected chi connectivity index (χ3v) is 4.50. The van der Waals surface area contributed by atoms with Crippen molar-refractivity contribution in [2.24, 2.45) is 28.8 Å². The van der Waals surface area contributed by atoms with Crippen LogP contribution in [0.1, 0.15) is 12.8 Å². The van der Waals surface area contributed by atoms with Gasteiger partial charge in [0.2, 0.25) is 0 Å². The van der Waals surface area contributed by atoms with Crippen LogP contribution in [0.4, 0.5) is 0 Å². The molecule has 0 saturated heterocycles. The van der Waals surface area contributed by atoms with Gasteiger partial charge in [0.25, 0.3) is 0 Å². The summed E-state index contributed by atoms with van der Waals surface area (Å²) >= 11 is 6.22. The lowest BCUT2D eigenvalue weighted by Gasteiger charge is -2.28. The molecule has 0 aromatic rings. The summed E-state index contributed by atoms with van der Waals surface area (Å²) in [5.41, 5.74) is 0.833. The van der Waals surface area contributed by atoms with Crippen LogP contribution >= 0.6 is 11.6 Å². The first kappa shape index (κ1) is 7.86. The molecule has 70 valence electrons. The Morgan fingerprint density at radius 2 is 2.31 bits per heavy atom. The summed E-state index contributed by atoms with van der Waals surface area (Å²) < 4.78 is 0. The third kappa shape index (κ3) is 0.824. The first-order valence-electron chi connectivity index (χ1n) is 4.85. The second-order valence-electron chi connectivity index (χ2n) is 4.34. The highest BCUT2D eigenvalue weighted by Gasteiger charge is 2.56. The summed E-state index contributed by atoms with van der Waals surface area (Å²) in [7, 11) is 0. The first-order chi connectivity index (χ1) is 6.33. The number of allylic oxidation sites excluding steroid dienone is 2. The Kier molecular flexibility index (Phi) is 1.51. The molecule has 3 heteroatoms. The predicted molar refractivity (Wildman–Crippen MR) is 51.2 cm³/mol. The average molecular weight is 198 g/mol. The number of rotatable bonds is 0. The van der Waals surface area contributed by atoms with Crippen molar-refractivity contribution in [3.8, 4) is 0 Å². The van der Waals surface area contributed by atoms with E-state index in [1.54, 1.807) is 0 Å². The van der Waals surface area contributed by atoms with Crippen LogP contribution in [0.15, 0.2) is 17.3 Å². The molecule has 13 heavy (non-hydrogen) atoms. The zero-order valence-corrected chi connectivity index (χ0v) is 7.98. The van der Waals surface area contributed by atoms with E-state index in [1.807, 2.05) is 0 Å². The molecule has 2 saturated carbocycles. The molecular formula is C10H12ClNO. The van der Waals surface area contributed by atoms with E-state index in [4.69, 9.17) is 16.8 Å². The molecule has 2 bridgehead atoms. The lowest BCUT2D eigenvalue weighted by molar-refractivity contribution is 0.301. The molecule has 0 aromatic heterocycles. The first-order valence-corrected chi connectivity index (χ1v) is 5.29. The Bertz CT molecular complexity index is 299. The van der Waals surface area contributed by atoms with Gasteiger partial charge >= 0.3 is 0 Å². The monoisotopic (exact) mass is 197 g/mol. The van der Waals surface area contributed by atoms with Gasteiger partial charge in [-0.05, 0) is 30.6 Å². The number of oxime groups is 1. The number of alkyl halides is 1. The molecule has 0 spiro atoms. The smallest absolute Gasteiger partial charge is 0.0788 e. The Morgan fingerprint density at radius 3 is 3.08 bits per heavy atom. The zero-order valence-electron chi connectivity index (χ0n) is 7.23. The van der Waals surface area contributed by atoms with E-state index in [1.165, 1.54) is 6.42 Å². The number of hydrogen-bond donors (Lipinski definition) is 1. The van der Waals surface area contributed by atoms with Crippen LogP contribution in [0, 0.1) is 23.7 Å². The quantitative estimate of drug-likeness (QED) is 0.275. The molecular weight excluding hydrogens is 186 g/mol. The molecule has 3 aliphatic rings. The summed E-state index contributed by atoms with van der Waals surface area (Å²) in [5.74, 6) is 2.34. The van der Waals surface area contributed by atoms with Crippen molar-refractivity contribution in [3.05, 3.63) is 12.2 Å². The van der Waals surface area contributed by atoms with E-state index >= 15 is 0 Å². The maximum absolute atomic E-state index is 8.86. The summed E-state index contributed by atoms with van der Waals surface area (Å²) in [5, 5.41) is 12.2. The van der Waals surface area contributed by atoms with Crippen molar-refractivity contribution >= 4 is 17.3 Å². The molecule has 0 amide bonds. The normalized spacial score (nSPS) is 54.8. The largest absolute Gasteiger partial charge is 0.411 e. The predicted octanol–water partition coefficient (Wildman–Crippen LogP) is 2.27. The molecule has 3 aliphatic carbocycles. The molecule has 0 aromatic carbocycles. The van der Waals surface area contributed by atoms with Crippen molar-refractivity contribution in [1.82, 2.24) is 0 Å². The molecule has 2 fully saturated rings. The van der Waals surface area contributed by atoms with Crippen LogP contribution in [0.3, 0.4) is 0 Å². The van der Waals surface area contributed by atoms with Crippen LogP contribution in [-0.2, 0) is 0 Å². The van der Waals surface area contributed by atoms with Gasteiger partial charge in [-0.25, -0.2) is 0 Å². The Balaban J connectivity index is 1.99. The van der Waals surface area contributed by atoms with Crippen molar-refractivity contribution in [2.75, 3.05) is 0 Å². The van der Waals surface area contributed by atoms with E-state index in [2.05, 4.69) is 17.3 Å². The van der Waals surface area contributed by atoms with Crippen molar-refractivity contribution in [1.29, 1.82) is 0 Å². The summed E-state index contributed by atoms with van der Waals surface area (Å²) in [4.78, 5) is 0. The van der Waals surface area contributed by atoms with Crippen molar-refractivity contribution in [3.63, 3.8) is 0 Å². The van der Waals surface area contributed by atoms with Crippen LogP contribution in [0.2, 0.25) is 0 Å². The zero-order chi connectivity index (χ0) is 9.00. The van der Waals surface area contributed by atoms with E-state index in [-0.39, 0.29) is 5.38 Å². The van der Waals surface area contributed by atoms with Crippen molar-refractivity contribution < 1.29 is 5.21 Å². The van der Waals surface area contributed by atoms with Gasteiger partial charge in [-0.1, -0.05) is 17.3 Å². The van der Waals surface area contributed by atoms with Gasteiger partial charge in [0.15, 0.2) is 0 Å². The van der Waals surface area contributed by atoms with Crippen LogP contribution < -0.4 is 0 Å². The molecule has 2 nitrogen and oxygen atoms in total. The minimum Gasteiger partial charge on any atom is -0.411 e. The minimum atomic E-state index is -0.00356. The van der Waals surface area contributed by atoms with Gasteiger partial charge < -0.3 is 5.21 Å². The molecule has 3 rings (SSSR count). The third-order valence-electron chi connectivity index (χ3n) is 3.96. The van der Waals surface area contributed by atoms with Gasteiger partial charge in [0, 0.05) is 5.92 Å². The second kappa shape index (κ2) is 2.50. The van der Waals surface area contributed by atoms with E-state index in [9.17, 15) is 0 Å². The Morgan fingerprint density at radius 1 is 1.46 bits per heavy atom. The number of nitrogens with zero attached hydrogens (tertiary/aromatic N) is 1. The fourth-order valence-electron chi connectivity index (χ4n) is 3.42. The Labute approximate surface area is 82.3 Å². The van der Waals surface area contributed by atoms with Gasteiger partial charge in [0.1, 0.15) is 0 Å². The van der Waals surface area contributed by atoms with Gasteiger partial charge in [0.05, 0.1) is 11.1 Å². The van der Waals surface area contributed by atoms with E-state index < -0.39 is 0 Å². The lowest BCUT2D eigenvalue weighted by atomic mass is 9.80. The highest BCUT2D eigenvalue weighted by atomic mass is 35.5. The maximum Gasteiger partial charge on any atom is 0.0788 e. The van der Waals surface area contributed by atoms with Crippen LogP contribution in [0.25, 0.3) is 0 Å². The minimum absolute atomic E-state index is 0.00356. The summed E-state index contributed by atoms with van der Waals surface area (Å²) in [6.45, 7) is 0. The van der Waals surface area contributed by atoms with E-state index in [0.717, 1.165) is 18.1 Å². The molecule has 5 atom stereocenters. The molecule has 0 aliphatic heterocycles. The lowest BCUT2D eigenvalue weighted by Crippen LogP contribution is -2.33. The van der Waals surface area contributed by atoms with Gasteiger partial charge in [-0.3, -0.25) is 0 Å². The fourth-order valence-corrected chi connectivity index (χ4v) is 3.91. The summed E-state index contributed by atoms with van der Waals surface area (Å²) in [6.07, 6.45) is 6.84. The SMILES string of the molecule is O/N=C1\[C@H]2C[C@@H]([C@@H]3CC=C[C@H]32)[C@H]1Cl. The molecule has 0 unspecified atom stereocenters. The molecule has 0 heterocycles. The fraction of sp³-hybridized carbons (Fsp3) is 0.700. The maximum atomic E-state index is 8.86. The summed E-state index contributed by atoms with van der Waals surface area (Å²) in [6, 6.07) is 0. The molecule has 1 N–H and O–H groups in total. The van der Waals surface area contributed by atoms with Crippen LogP contribution in [-0.4, -0.2) is 16.3 Å². The topological polar surface area (TPSA) is 32.6 Å². The molecule has 0 radical (unpaired) electrons. The average Bonchev–Trinajstić information content (AvgIpc) is 2.71. The number of halogens is 1. The standard InChI is InChI=1S/C10H12ClNO/c11-9-7-4-8(10(9)12-13)6-3-1-2-5(6)7/h1,3,5-9,13H,2,4H2/b12-10+/t5-,6-,7+,8+,9-/m1/s1.